The van der Waals surface area contributed by atoms with E-state index in [-0.39, 0.29) is 37.2 Å². The van der Waals surface area contributed by atoms with Crippen LogP contribution in [-0.2, 0) is 22.3 Å². The van der Waals surface area contributed by atoms with Crippen LogP contribution in [0.1, 0.15) is 43.2 Å². The highest BCUT2D eigenvalue weighted by molar-refractivity contribution is 5.84. The summed E-state index contributed by atoms with van der Waals surface area (Å²) in [5, 5.41) is 0. The molecule has 2 fully saturated rings. The fraction of sp³-hybridized carbons (Fsp3) is 0.579. The maximum Gasteiger partial charge on any atom is 0.416 e. The van der Waals surface area contributed by atoms with Crippen molar-refractivity contribution in [3.63, 3.8) is 0 Å². The molecule has 142 valence electrons. The number of piperidine rings is 2. The topological polar surface area (TPSA) is 40.6 Å². The van der Waals surface area contributed by atoms with Gasteiger partial charge in [-0.1, -0.05) is 12.1 Å². The highest BCUT2D eigenvalue weighted by Gasteiger charge is 2.34. The summed E-state index contributed by atoms with van der Waals surface area (Å²) in [7, 11) is 0. The number of halogens is 3. The van der Waals surface area contributed by atoms with Gasteiger partial charge in [0.25, 0.3) is 0 Å². The van der Waals surface area contributed by atoms with Gasteiger partial charge in [0.15, 0.2) is 0 Å². The number of carbonyl (C=O) groups is 2. The predicted molar refractivity (Wildman–Crippen MR) is 90.0 cm³/mol. The second-order valence-corrected chi connectivity index (χ2v) is 7.09. The van der Waals surface area contributed by atoms with Gasteiger partial charge in [-0.2, -0.15) is 13.2 Å². The molecule has 2 aliphatic heterocycles. The Labute approximate surface area is 151 Å². The molecule has 0 N–H and O–H groups in total. The van der Waals surface area contributed by atoms with Crippen molar-refractivity contribution in [3.05, 3.63) is 35.4 Å². The fourth-order valence-electron chi connectivity index (χ4n) is 3.71. The van der Waals surface area contributed by atoms with Crippen LogP contribution in [0.25, 0.3) is 0 Å². The van der Waals surface area contributed by atoms with Crippen LogP contribution in [0.3, 0.4) is 0 Å². The maximum atomic E-state index is 12.9. The third-order valence-corrected chi connectivity index (χ3v) is 5.14. The fourth-order valence-corrected chi connectivity index (χ4v) is 3.71. The van der Waals surface area contributed by atoms with E-state index in [1.54, 1.807) is 6.07 Å². The Kier molecular flexibility index (Phi) is 5.53. The Bertz CT molecular complexity index is 669. The summed E-state index contributed by atoms with van der Waals surface area (Å²) in [6, 6.07) is 5.02. The third kappa shape index (κ3) is 4.37. The molecule has 0 bridgehead atoms. The minimum atomic E-state index is -4.41. The van der Waals surface area contributed by atoms with Crippen molar-refractivity contribution in [2.45, 2.75) is 44.8 Å². The SMILES string of the molecule is O=C1CC[C@@H](C(=O)N2CCCCC2)CN1Cc1cccc(C(F)(F)F)c1. The van der Waals surface area contributed by atoms with Gasteiger partial charge in [0.2, 0.25) is 11.8 Å². The minimum absolute atomic E-state index is 0.0752. The zero-order chi connectivity index (χ0) is 18.7. The van der Waals surface area contributed by atoms with Crippen molar-refractivity contribution in [1.82, 2.24) is 9.80 Å². The quantitative estimate of drug-likeness (QED) is 0.820. The molecule has 1 aromatic rings. The van der Waals surface area contributed by atoms with E-state index in [1.807, 2.05) is 4.90 Å². The van der Waals surface area contributed by atoms with Crippen LogP contribution in [-0.4, -0.2) is 41.2 Å². The van der Waals surface area contributed by atoms with Crippen LogP contribution >= 0.6 is 0 Å². The van der Waals surface area contributed by atoms with Crippen LogP contribution < -0.4 is 0 Å². The van der Waals surface area contributed by atoms with E-state index in [9.17, 15) is 22.8 Å². The van der Waals surface area contributed by atoms with Crippen molar-refractivity contribution >= 4 is 11.8 Å². The second-order valence-electron chi connectivity index (χ2n) is 7.09. The lowest BCUT2D eigenvalue weighted by Gasteiger charge is -2.36. The molecular weight excluding hydrogens is 345 g/mol. The molecule has 0 aliphatic carbocycles. The summed E-state index contributed by atoms with van der Waals surface area (Å²) in [5.74, 6) is -0.284. The molecule has 3 rings (SSSR count). The molecule has 4 nitrogen and oxygen atoms in total. The summed E-state index contributed by atoms with van der Waals surface area (Å²) in [5.41, 5.74) is -0.292. The smallest absolute Gasteiger partial charge is 0.342 e. The Morgan fingerprint density at radius 1 is 1.15 bits per heavy atom. The first kappa shape index (κ1) is 18.7. The predicted octanol–water partition coefficient (Wildman–Crippen LogP) is 3.46. The zero-order valence-electron chi connectivity index (χ0n) is 14.6. The number of rotatable bonds is 3. The van der Waals surface area contributed by atoms with Crippen LogP contribution in [0.4, 0.5) is 13.2 Å². The molecule has 1 aromatic carbocycles. The highest BCUT2D eigenvalue weighted by atomic mass is 19.4. The number of carbonyl (C=O) groups excluding carboxylic acids is 2. The summed E-state index contributed by atoms with van der Waals surface area (Å²) in [6.07, 6.45) is -0.476. The molecule has 1 atom stereocenters. The van der Waals surface area contributed by atoms with Gasteiger partial charge < -0.3 is 9.80 Å². The Hall–Kier alpha value is -2.05. The van der Waals surface area contributed by atoms with Crippen LogP contribution in [0.15, 0.2) is 24.3 Å². The number of nitrogens with zero attached hydrogens (tertiary/aromatic N) is 2. The molecule has 7 heteroatoms. The molecule has 0 radical (unpaired) electrons. The number of hydrogen-bond acceptors (Lipinski definition) is 2. The normalized spacial score (nSPS) is 21.8. The summed E-state index contributed by atoms with van der Waals surface area (Å²) < 4.78 is 38.6. The van der Waals surface area contributed by atoms with Crippen LogP contribution in [0, 0.1) is 5.92 Å². The van der Waals surface area contributed by atoms with E-state index < -0.39 is 11.7 Å². The van der Waals surface area contributed by atoms with Crippen molar-refractivity contribution < 1.29 is 22.8 Å². The Balaban J connectivity index is 1.67. The summed E-state index contributed by atoms with van der Waals surface area (Å²) >= 11 is 0. The summed E-state index contributed by atoms with van der Waals surface area (Å²) in [6.45, 7) is 1.91. The van der Waals surface area contributed by atoms with Gasteiger partial charge in [0.05, 0.1) is 11.5 Å². The number of benzene rings is 1. The first-order valence-corrected chi connectivity index (χ1v) is 9.07. The molecule has 0 unspecified atom stereocenters. The number of alkyl halides is 3. The van der Waals surface area contributed by atoms with E-state index in [0.717, 1.165) is 44.5 Å². The number of amides is 2. The van der Waals surface area contributed by atoms with Gasteiger partial charge in [-0.25, -0.2) is 0 Å². The average molecular weight is 368 g/mol. The van der Waals surface area contributed by atoms with E-state index in [2.05, 4.69) is 0 Å². The van der Waals surface area contributed by atoms with Gasteiger partial charge in [-0.05, 0) is 43.4 Å². The molecule has 0 spiro atoms. The molecular formula is C19H23F3N2O2. The van der Waals surface area contributed by atoms with Crippen LogP contribution in [0.2, 0.25) is 0 Å². The third-order valence-electron chi connectivity index (χ3n) is 5.14. The molecule has 2 aliphatic rings. The lowest BCUT2D eigenvalue weighted by Crippen LogP contribution is -2.47. The zero-order valence-corrected chi connectivity index (χ0v) is 14.6. The van der Waals surface area contributed by atoms with E-state index in [0.29, 0.717) is 12.0 Å². The largest absolute Gasteiger partial charge is 0.416 e. The molecule has 0 saturated carbocycles. The lowest BCUT2D eigenvalue weighted by atomic mass is 9.94. The van der Waals surface area contributed by atoms with Crippen molar-refractivity contribution in [1.29, 1.82) is 0 Å². The lowest BCUT2D eigenvalue weighted by molar-refractivity contribution is -0.144. The van der Waals surface area contributed by atoms with Crippen molar-refractivity contribution in [2.75, 3.05) is 19.6 Å². The highest BCUT2D eigenvalue weighted by Crippen LogP contribution is 2.30. The van der Waals surface area contributed by atoms with Crippen molar-refractivity contribution in [2.24, 2.45) is 5.92 Å². The Morgan fingerprint density at radius 2 is 1.88 bits per heavy atom. The monoisotopic (exact) mass is 368 g/mol. The van der Waals surface area contributed by atoms with E-state index in [4.69, 9.17) is 0 Å². The molecule has 2 amide bonds. The van der Waals surface area contributed by atoms with Gasteiger partial charge in [0.1, 0.15) is 0 Å². The summed E-state index contributed by atoms with van der Waals surface area (Å²) in [4.78, 5) is 28.3. The number of hydrogen-bond donors (Lipinski definition) is 0. The van der Waals surface area contributed by atoms with E-state index >= 15 is 0 Å². The first-order chi connectivity index (χ1) is 12.3. The Morgan fingerprint density at radius 3 is 2.58 bits per heavy atom. The van der Waals surface area contributed by atoms with Crippen LogP contribution in [0.5, 0.6) is 0 Å². The minimum Gasteiger partial charge on any atom is -0.342 e. The average Bonchev–Trinajstić information content (AvgIpc) is 2.63. The van der Waals surface area contributed by atoms with Gasteiger partial charge in [-0.15, -0.1) is 0 Å². The van der Waals surface area contributed by atoms with Gasteiger partial charge in [-0.3, -0.25) is 9.59 Å². The first-order valence-electron chi connectivity index (χ1n) is 9.07. The molecule has 2 heterocycles. The van der Waals surface area contributed by atoms with Gasteiger partial charge in [0, 0.05) is 32.6 Å². The van der Waals surface area contributed by atoms with E-state index in [1.165, 1.54) is 11.0 Å². The molecule has 26 heavy (non-hydrogen) atoms. The second kappa shape index (κ2) is 7.68. The van der Waals surface area contributed by atoms with Crippen molar-refractivity contribution in [3.8, 4) is 0 Å². The van der Waals surface area contributed by atoms with Gasteiger partial charge >= 0.3 is 6.18 Å². The molecule has 0 aromatic heterocycles. The molecule has 2 saturated heterocycles. The number of likely N-dealkylation sites (tertiary alicyclic amines) is 2. The maximum absolute atomic E-state index is 12.9. The standard InChI is InChI=1S/C19H23F3N2O2/c20-19(21,22)16-6-4-5-14(11-16)12-24-13-15(7-8-17(24)25)18(26)23-9-2-1-3-10-23/h4-6,11,15H,1-3,7-10,12-13H2/t15-/m1/s1.